The highest BCUT2D eigenvalue weighted by atomic mass is 16.5. The van der Waals surface area contributed by atoms with E-state index in [1.807, 2.05) is 67.6 Å². The number of hydrogen-bond acceptors (Lipinski definition) is 3. The molecule has 0 radical (unpaired) electrons. The number of carbonyl (C=O) groups is 2. The van der Waals surface area contributed by atoms with E-state index in [-0.39, 0.29) is 30.5 Å². The van der Waals surface area contributed by atoms with Crippen molar-refractivity contribution < 1.29 is 14.3 Å². The molecule has 0 unspecified atom stereocenters. The fourth-order valence-electron chi connectivity index (χ4n) is 2.61. The molecule has 2 aromatic carbocycles. The van der Waals surface area contributed by atoms with E-state index in [2.05, 4.69) is 10.6 Å². The molecule has 5 nitrogen and oxygen atoms in total. The fourth-order valence-corrected chi connectivity index (χ4v) is 2.61. The number of urea groups is 1. The standard InChI is InChI=1S/C20H24N2O3/c1-15(17-11-7-4-8-12-17)21-20(24)22-18(14-19(23)25-2)13-16-9-5-3-6-10-16/h3-12,15,18H,13-14H2,1-2H3,(H2,21,22,24)/t15-,18+/m0/s1. The third kappa shape index (κ3) is 6.30. The molecule has 0 aliphatic heterocycles. The maximum atomic E-state index is 12.3. The summed E-state index contributed by atoms with van der Waals surface area (Å²) in [4.78, 5) is 24.0. The van der Waals surface area contributed by atoms with Gasteiger partial charge in [-0.25, -0.2) is 4.79 Å². The van der Waals surface area contributed by atoms with Crippen LogP contribution in [0, 0.1) is 0 Å². The number of rotatable bonds is 7. The number of ether oxygens (including phenoxy) is 1. The highest BCUT2D eigenvalue weighted by Crippen LogP contribution is 2.11. The molecule has 2 N–H and O–H groups in total. The maximum Gasteiger partial charge on any atom is 0.315 e. The van der Waals surface area contributed by atoms with Crippen molar-refractivity contribution in [1.29, 1.82) is 0 Å². The Hall–Kier alpha value is -2.82. The van der Waals surface area contributed by atoms with Gasteiger partial charge in [0.2, 0.25) is 0 Å². The Morgan fingerprint density at radius 3 is 2.16 bits per heavy atom. The highest BCUT2D eigenvalue weighted by molar-refractivity contribution is 5.76. The first-order valence-corrected chi connectivity index (χ1v) is 8.31. The number of nitrogens with one attached hydrogen (secondary N) is 2. The SMILES string of the molecule is COC(=O)C[C@@H](Cc1ccccc1)NC(=O)N[C@@H](C)c1ccccc1. The molecule has 0 aliphatic carbocycles. The van der Waals surface area contributed by atoms with Crippen LogP contribution in [0.3, 0.4) is 0 Å². The van der Waals surface area contributed by atoms with Crippen molar-refractivity contribution >= 4 is 12.0 Å². The number of benzene rings is 2. The van der Waals surface area contributed by atoms with Gasteiger partial charge in [-0.3, -0.25) is 4.79 Å². The highest BCUT2D eigenvalue weighted by Gasteiger charge is 2.18. The summed E-state index contributed by atoms with van der Waals surface area (Å²) in [6.45, 7) is 1.92. The number of methoxy groups -OCH3 is 1. The summed E-state index contributed by atoms with van der Waals surface area (Å²) in [7, 11) is 1.35. The average molecular weight is 340 g/mol. The van der Waals surface area contributed by atoms with Crippen LogP contribution in [0.4, 0.5) is 4.79 Å². The molecule has 0 fully saturated rings. The van der Waals surface area contributed by atoms with E-state index in [1.165, 1.54) is 7.11 Å². The minimum atomic E-state index is -0.350. The smallest absolute Gasteiger partial charge is 0.315 e. The average Bonchev–Trinajstić information content (AvgIpc) is 2.63. The van der Waals surface area contributed by atoms with E-state index < -0.39 is 0 Å². The first-order chi connectivity index (χ1) is 12.1. The normalized spacial score (nSPS) is 12.7. The van der Waals surface area contributed by atoms with E-state index in [9.17, 15) is 9.59 Å². The van der Waals surface area contributed by atoms with Crippen molar-refractivity contribution in [2.45, 2.75) is 31.8 Å². The van der Waals surface area contributed by atoms with Gasteiger partial charge < -0.3 is 15.4 Å². The molecule has 2 aromatic rings. The number of hydrogen-bond donors (Lipinski definition) is 2. The zero-order valence-corrected chi connectivity index (χ0v) is 14.6. The molecule has 2 rings (SSSR count). The van der Waals surface area contributed by atoms with Crippen molar-refractivity contribution in [3.8, 4) is 0 Å². The molecule has 0 aliphatic rings. The zero-order chi connectivity index (χ0) is 18.1. The molecule has 5 heteroatoms. The molecule has 0 bridgehead atoms. The van der Waals surface area contributed by atoms with Crippen LogP contribution < -0.4 is 10.6 Å². The molecule has 0 heterocycles. The molecular weight excluding hydrogens is 316 g/mol. The van der Waals surface area contributed by atoms with Crippen LogP contribution in [0.5, 0.6) is 0 Å². The molecule has 2 amide bonds. The number of carbonyl (C=O) groups excluding carboxylic acids is 2. The topological polar surface area (TPSA) is 67.4 Å². The van der Waals surface area contributed by atoms with E-state index >= 15 is 0 Å². The van der Waals surface area contributed by atoms with Crippen LogP contribution in [0.15, 0.2) is 60.7 Å². The largest absolute Gasteiger partial charge is 0.469 e. The van der Waals surface area contributed by atoms with Crippen LogP contribution in [0.1, 0.15) is 30.5 Å². The van der Waals surface area contributed by atoms with E-state index in [0.29, 0.717) is 6.42 Å². The van der Waals surface area contributed by atoms with Crippen molar-refractivity contribution in [2.75, 3.05) is 7.11 Å². The van der Waals surface area contributed by atoms with Crippen LogP contribution in [-0.2, 0) is 16.0 Å². The Bertz CT molecular complexity index is 674. The van der Waals surface area contributed by atoms with Crippen LogP contribution >= 0.6 is 0 Å². The van der Waals surface area contributed by atoms with Crippen molar-refractivity contribution in [2.24, 2.45) is 0 Å². The fraction of sp³-hybridized carbons (Fsp3) is 0.300. The summed E-state index contributed by atoms with van der Waals surface area (Å²) in [5.74, 6) is -0.350. The lowest BCUT2D eigenvalue weighted by molar-refractivity contribution is -0.141. The van der Waals surface area contributed by atoms with Crippen LogP contribution in [0.2, 0.25) is 0 Å². The Morgan fingerprint density at radius 1 is 0.960 bits per heavy atom. The monoisotopic (exact) mass is 340 g/mol. The summed E-state index contributed by atoms with van der Waals surface area (Å²) in [6.07, 6.45) is 0.682. The molecular formula is C20H24N2O3. The van der Waals surface area contributed by atoms with Gasteiger partial charge >= 0.3 is 12.0 Å². The lowest BCUT2D eigenvalue weighted by atomic mass is 10.0. The second-order valence-corrected chi connectivity index (χ2v) is 5.92. The van der Waals surface area contributed by atoms with Gasteiger partial charge in [0.25, 0.3) is 0 Å². The second-order valence-electron chi connectivity index (χ2n) is 5.92. The Balaban J connectivity index is 1.97. The Labute approximate surface area is 148 Å². The Morgan fingerprint density at radius 2 is 1.56 bits per heavy atom. The summed E-state index contributed by atoms with van der Waals surface area (Å²) < 4.78 is 4.74. The molecule has 25 heavy (non-hydrogen) atoms. The molecule has 132 valence electrons. The molecule has 0 saturated heterocycles. The predicted octanol–water partition coefficient (Wildman–Crippen LogP) is 3.22. The molecule has 0 saturated carbocycles. The van der Waals surface area contributed by atoms with Gasteiger partial charge in [-0.1, -0.05) is 60.7 Å². The summed E-state index contributed by atoms with van der Waals surface area (Å²) >= 11 is 0. The quantitative estimate of drug-likeness (QED) is 0.761. The maximum absolute atomic E-state index is 12.3. The van der Waals surface area contributed by atoms with Crippen molar-refractivity contribution in [1.82, 2.24) is 10.6 Å². The van der Waals surface area contributed by atoms with Crippen molar-refractivity contribution in [3.05, 3.63) is 71.8 Å². The minimum absolute atomic E-state index is 0.124. The lowest BCUT2D eigenvalue weighted by Gasteiger charge is -2.21. The number of esters is 1. The van der Waals surface area contributed by atoms with Gasteiger partial charge in [-0.15, -0.1) is 0 Å². The summed E-state index contributed by atoms with van der Waals surface area (Å²) in [6, 6.07) is 18.7. The van der Waals surface area contributed by atoms with Crippen LogP contribution in [0.25, 0.3) is 0 Å². The van der Waals surface area contributed by atoms with Crippen LogP contribution in [-0.4, -0.2) is 25.2 Å². The summed E-state index contributed by atoms with van der Waals surface area (Å²) in [5, 5.41) is 5.78. The first-order valence-electron chi connectivity index (χ1n) is 8.31. The van der Waals surface area contributed by atoms with Gasteiger partial charge in [0, 0.05) is 6.04 Å². The number of amides is 2. The third-order valence-corrected chi connectivity index (χ3v) is 3.95. The van der Waals surface area contributed by atoms with Gasteiger partial charge in [0.15, 0.2) is 0 Å². The van der Waals surface area contributed by atoms with Gasteiger partial charge in [-0.05, 0) is 24.5 Å². The van der Waals surface area contributed by atoms with Gasteiger partial charge in [0.05, 0.1) is 19.6 Å². The molecule has 0 spiro atoms. The van der Waals surface area contributed by atoms with Crippen molar-refractivity contribution in [3.63, 3.8) is 0 Å². The summed E-state index contributed by atoms with van der Waals surface area (Å²) in [5.41, 5.74) is 2.07. The van der Waals surface area contributed by atoms with E-state index in [0.717, 1.165) is 11.1 Å². The first kappa shape index (κ1) is 18.5. The molecule has 2 atom stereocenters. The minimum Gasteiger partial charge on any atom is -0.469 e. The zero-order valence-electron chi connectivity index (χ0n) is 14.6. The van der Waals surface area contributed by atoms with E-state index in [4.69, 9.17) is 4.74 Å². The predicted molar refractivity (Wildman–Crippen MR) is 97.1 cm³/mol. The Kier molecular flexibility index (Phi) is 7.01. The van der Waals surface area contributed by atoms with E-state index in [1.54, 1.807) is 0 Å². The lowest BCUT2D eigenvalue weighted by Crippen LogP contribution is -2.44. The van der Waals surface area contributed by atoms with Gasteiger partial charge in [0.1, 0.15) is 0 Å². The third-order valence-electron chi connectivity index (χ3n) is 3.95. The molecule has 0 aromatic heterocycles. The van der Waals surface area contributed by atoms with Gasteiger partial charge in [-0.2, -0.15) is 0 Å². The second kappa shape index (κ2) is 9.47.